The summed E-state index contributed by atoms with van der Waals surface area (Å²) in [7, 11) is -4.06. The van der Waals surface area contributed by atoms with E-state index in [9.17, 15) is 12.8 Å². The summed E-state index contributed by atoms with van der Waals surface area (Å²) in [6.07, 6.45) is 0. The monoisotopic (exact) mass is 369 g/mol. The molecule has 0 bridgehead atoms. The molecule has 0 unspecified atom stereocenters. The van der Waals surface area contributed by atoms with Crippen molar-refractivity contribution < 1.29 is 12.8 Å². The quantitative estimate of drug-likeness (QED) is 0.645. The largest absolute Gasteiger partial charge is 0.267 e. The number of sulfonamides is 1. The van der Waals surface area contributed by atoms with Crippen LogP contribution in [0, 0.1) is 19.7 Å². The van der Waals surface area contributed by atoms with Crippen LogP contribution in [0.25, 0.3) is 0 Å². The lowest BCUT2D eigenvalue weighted by molar-refractivity contribution is 0.563. The van der Waals surface area contributed by atoms with Crippen LogP contribution < -0.4 is 4.31 Å². The highest BCUT2D eigenvalue weighted by atomic mass is 32.2. The third-order valence-corrected chi connectivity index (χ3v) is 6.08. The number of hydrogen-bond acceptors (Lipinski definition) is 2. The molecular weight excluding hydrogens is 349 g/mol. The fraction of sp³-hybridized carbons (Fsp3) is 0.143. The van der Waals surface area contributed by atoms with E-state index in [0.717, 1.165) is 22.8 Å². The van der Waals surface area contributed by atoms with E-state index in [1.807, 2.05) is 44.2 Å². The van der Waals surface area contributed by atoms with Gasteiger partial charge in [0.05, 0.1) is 12.2 Å². The van der Waals surface area contributed by atoms with Gasteiger partial charge in [-0.2, -0.15) is 0 Å². The molecule has 0 amide bonds. The van der Waals surface area contributed by atoms with E-state index in [0.29, 0.717) is 5.69 Å². The minimum atomic E-state index is -4.06. The molecule has 0 radical (unpaired) electrons. The van der Waals surface area contributed by atoms with Crippen molar-refractivity contribution in [2.24, 2.45) is 0 Å². The van der Waals surface area contributed by atoms with Crippen molar-refractivity contribution in [1.82, 2.24) is 0 Å². The van der Waals surface area contributed by atoms with Gasteiger partial charge in [0.2, 0.25) is 0 Å². The van der Waals surface area contributed by atoms with Gasteiger partial charge in [0.25, 0.3) is 10.0 Å². The average Bonchev–Trinajstić information content (AvgIpc) is 2.61. The Bertz CT molecular complexity index is 1030. The number of benzene rings is 3. The van der Waals surface area contributed by atoms with Gasteiger partial charge in [0.1, 0.15) is 10.7 Å². The van der Waals surface area contributed by atoms with Gasteiger partial charge in [-0.15, -0.1) is 0 Å². The van der Waals surface area contributed by atoms with Crippen LogP contribution in [0.2, 0.25) is 0 Å². The van der Waals surface area contributed by atoms with Crippen LogP contribution in [-0.4, -0.2) is 8.42 Å². The Morgan fingerprint density at radius 2 is 1.58 bits per heavy atom. The molecule has 3 aromatic rings. The van der Waals surface area contributed by atoms with E-state index in [4.69, 9.17) is 0 Å². The second-order valence-electron chi connectivity index (χ2n) is 6.21. The summed E-state index contributed by atoms with van der Waals surface area (Å²) in [5.41, 5.74) is 3.29. The Morgan fingerprint density at radius 3 is 2.27 bits per heavy atom. The van der Waals surface area contributed by atoms with E-state index >= 15 is 0 Å². The zero-order chi connectivity index (χ0) is 18.7. The second-order valence-corrected chi connectivity index (χ2v) is 8.04. The molecule has 0 aliphatic heterocycles. The summed E-state index contributed by atoms with van der Waals surface area (Å²) >= 11 is 0. The van der Waals surface area contributed by atoms with Gasteiger partial charge in [0.15, 0.2) is 0 Å². The first kappa shape index (κ1) is 18.1. The molecule has 0 spiro atoms. The summed E-state index contributed by atoms with van der Waals surface area (Å²) in [6, 6.07) is 20.3. The molecule has 3 aromatic carbocycles. The number of hydrogen-bond donors (Lipinski definition) is 0. The van der Waals surface area contributed by atoms with Crippen LogP contribution >= 0.6 is 0 Å². The van der Waals surface area contributed by atoms with Crippen LogP contribution in [0.5, 0.6) is 0 Å². The fourth-order valence-electron chi connectivity index (χ4n) is 2.81. The van der Waals surface area contributed by atoms with Crippen LogP contribution in [0.1, 0.15) is 16.7 Å². The highest BCUT2D eigenvalue weighted by Crippen LogP contribution is 2.28. The molecule has 0 N–H and O–H groups in total. The number of halogens is 1. The molecule has 3 rings (SSSR count). The maximum absolute atomic E-state index is 14.3. The molecule has 0 aliphatic carbocycles. The Hall–Kier alpha value is -2.66. The number of rotatable bonds is 5. The molecule has 0 aliphatic rings. The minimum absolute atomic E-state index is 0.132. The molecule has 26 heavy (non-hydrogen) atoms. The molecular formula is C21H20FNO2S. The maximum atomic E-state index is 14.3. The average molecular weight is 369 g/mol. The molecule has 0 fully saturated rings. The minimum Gasteiger partial charge on any atom is -0.262 e. The molecule has 5 heteroatoms. The topological polar surface area (TPSA) is 37.4 Å². The summed E-state index contributed by atoms with van der Waals surface area (Å²) < 4.78 is 42.1. The predicted molar refractivity (Wildman–Crippen MR) is 102 cm³/mol. The van der Waals surface area contributed by atoms with Gasteiger partial charge in [-0.05, 0) is 54.8 Å². The molecule has 0 saturated heterocycles. The summed E-state index contributed by atoms with van der Waals surface area (Å²) in [4.78, 5) is -0.324. The molecule has 134 valence electrons. The molecule has 3 nitrogen and oxygen atoms in total. The predicted octanol–water partition coefficient (Wildman–Crippen LogP) is 4.84. The van der Waals surface area contributed by atoms with Crippen molar-refractivity contribution >= 4 is 15.7 Å². The number of aryl methyl sites for hydroxylation is 2. The standard InChI is InChI=1S/C21H20FNO2S/c1-16-8-7-11-19(14-16)23(15-18-10-4-3-9-17(18)2)26(24,25)21-13-6-5-12-20(21)22/h3-14H,15H2,1-2H3. The van der Waals surface area contributed by atoms with Crippen LogP contribution in [0.15, 0.2) is 77.7 Å². The number of nitrogens with zero attached hydrogens (tertiary/aromatic N) is 1. The van der Waals surface area contributed by atoms with Crippen molar-refractivity contribution in [3.8, 4) is 0 Å². The van der Waals surface area contributed by atoms with Gasteiger partial charge >= 0.3 is 0 Å². The first-order valence-corrected chi connectivity index (χ1v) is 9.72. The lowest BCUT2D eigenvalue weighted by Crippen LogP contribution is -2.31. The SMILES string of the molecule is Cc1cccc(N(Cc2ccccc2C)S(=O)(=O)c2ccccc2F)c1. The lowest BCUT2D eigenvalue weighted by Gasteiger charge is -2.26. The summed E-state index contributed by atoms with van der Waals surface area (Å²) in [5.74, 6) is -0.755. The van der Waals surface area contributed by atoms with Crippen LogP contribution in [-0.2, 0) is 16.6 Å². The van der Waals surface area contributed by atoms with E-state index < -0.39 is 15.8 Å². The molecule has 0 aromatic heterocycles. The van der Waals surface area contributed by atoms with E-state index in [-0.39, 0.29) is 11.4 Å². The van der Waals surface area contributed by atoms with Crippen molar-refractivity contribution in [2.75, 3.05) is 4.31 Å². The molecule has 0 atom stereocenters. The summed E-state index contributed by atoms with van der Waals surface area (Å²) in [6.45, 7) is 3.96. The fourth-order valence-corrected chi connectivity index (χ4v) is 4.32. The zero-order valence-corrected chi connectivity index (χ0v) is 15.5. The van der Waals surface area contributed by atoms with Crippen LogP contribution in [0.4, 0.5) is 10.1 Å². The summed E-state index contributed by atoms with van der Waals surface area (Å²) in [5, 5.41) is 0. The second kappa shape index (κ2) is 7.30. The first-order chi connectivity index (χ1) is 12.4. The van der Waals surface area contributed by atoms with Crippen molar-refractivity contribution in [3.05, 3.63) is 95.3 Å². The number of anilines is 1. The third-order valence-electron chi connectivity index (χ3n) is 4.27. The van der Waals surface area contributed by atoms with Gasteiger partial charge in [-0.25, -0.2) is 12.8 Å². The van der Waals surface area contributed by atoms with Gasteiger partial charge < -0.3 is 0 Å². The lowest BCUT2D eigenvalue weighted by atomic mass is 10.1. The Morgan fingerprint density at radius 1 is 0.885 bits per heavy atom. The Balaban J connectivity index is 2.15. The Kier molecular flexibility index (Phi) is 5.09. The third kappa shape index (κ3) is 3.63. The van der Waals surface area contributed by atoms with E-state index in [1.165, 1.54) is 22.5 Å². The molecule has 0 saturated carbocycles. The Labute approximate surface area is 153 Å². The normalized spacial score (nSPS) is 11.3. The molecule has 0 heterocycles. The van der Waals surface area contributed by atoms with E-state index in [2.05, 4.69) is 0 Å². The first-order valence-electron chi connectivity index (χ1n) is 8.28. The zero-order valence-electron chi connectivity index (χ0n) is 14.7. The van der Waals surface area contributed by atoms with E-state index in [1.54, 1.807) is 18.2 Å². The van der Waals surface area contributed by atoms with Crippen LogP contribution in [0.3, 0.4) is 0 Å². The highest BCUT2D eigenvalue weighted by Gasteiger charge is 2.28. The smallest absolute Gasteiger partial charge is 0.262 e. The van der Waals surface area contributed by atoms with Gasteiger partial charge in [-0.3, -0.25) is 4.31 Å². The van der Waals surface area contributed by atoms with Crippen molar-refractivity contribution in [1.29, 1.82) is 0 Å². The van der Waals surface area contributed by atoms with Crippen molar-refractivity contribution in [3.63, 3.8) is 0 Å². The van der Waals surface area contributed by atoms with Gasteiger partial charge in [-0.1, -0.05) is 48.5 Å². The van der Waals surface area contributed by atoms with Gasteiger partial charge in [0, 0.05) is 0 Å². The highest BCUT2D eigenvalue weighted by molar-refractivity contribution is 7.92. The maximum Gasteiger partial charge on any atom is 0.267 e. The van der Waals surface area contributed by atoms with Crippen molar-refractivity contribution in [2.45, 2.75) is 25.3 Å².